The molecule has 27 heavy (non-hydrogen) atoms. The van der Waals surface area contributed by atoms with E-state index >= 15 is 0 Å². The van der Waals surface area contributed by atoms with Gasteiger partial charge >= 0.3 is 0 Å². The van der Waals surface area contributed by atoms with Crippen LogP contribution in [0.4, 0.5) is 0 Å². The van der Waals surface area contributed by atoms with Crippen LogP contribution < -0.4 is 4.74 Å². The number of rotatable bonds is 7. The van der Waals surface area contributed by atoms with Gasteiger partial charge in [0.25, 0.3) is 0 Å². The zero-order valence-corrected chi connectivity index (χ0v) is 16.6. The number of hydrogen-bond donors (Lipinski definition) is 1. The zero-order chi connectivity index (χ0) is 18.7. The Labute approximate surface area is 164 Å². The van der Waals surface area contributed by atoms with Gasteiger partial charge in [0.1, 0.15) is 5.75 Å². The Morgan fingerprint density at radius 1 is 1.22 bits per heavy atom. The summed E-state index contributed by atoms with van der Waals surface area (Å²) in [5.41, 5.74) is 2.39. The van der Waals surface area contributed by atoms with Gasteiger partial charge in [0.05, 0.1) is 18.0 Å². The molecule has 0 unspecified atom stereocenters. The molecule has 0 bridgehead atoms. The quantitative estimate of drug-likeness (QED) is 0.673. The van der Waals surface area contributed by atoms with Crippen LogP contribution in [0.25, 0.3) is 4.96 Å². The molecule has 0 saturated carbocycles. The van der Waals surface area contributed by atoms with E-state index in [2.05, 4.69) is 32.8 Å². The first kappa shape index (κ1) is 18.5. The highest BCUT2D eigenvalue weighted by Gasteiger charge is 2.34. The van der Waals surface area contributed by atoms with Crippen molar-refractivity contribution in [2.24, 2.45) is 5.41 Å². The van der Waals surface area contributed by atoms with E-state index in [9.17, 15) is 5.11 Å². The molecule has 5 nitrogen and oxygen atoms in total. The van der Waals surface area contributed by atoms with Crippen LogP contribution in [-0.2, 0) is 6.54 Å². The summed E-state index contributed by atoms with van der Waals surface area (Å²) in [7, 11) is 0. The number of hydrogen-bond acceptors (Lipinski definition) is 5. The van der Waals surface area contributed by atoms with Crippen LogP contribution in [0.15, 0.2) is 41.9 Å². The van der Waals surface area contributed by atoms with Gasteiger partial charge in [-0.2, -0.15) is 0 Å². The third-order valence-electron chi connectivity index (χ3n) is 5.83. The Morgan fingerprint density at radius 3 is 2.74 bits per heavy atom. The third-order valence-corrected chi connectivity index (χ3v) is 6.59. The van der Waals surface area contributed by atoms with E-state index in [4.69, 9.17) is 4.74 Å². The van der Waals surface area contributed by atoms with E-state index in [0.29, 0.717) is 6.61 Å². The number of aromatic nitrogens is 2. The number of nitrogens with zero attached hydrogens (tertiary/aromatic N) is 3. The van der Waals surface area contributed by atoms with Crippen LogP contribution in [-0.4, -0.2) is 45.7 Å². The second-order valence-electron chi connectivity index (χ2n) is 7.55. The molecule has 0 amide bonds. The van der Waals surface area contributed by atoms with Crippen molar-refractivity contribution in [2.45, 2.75) is 32.7 Å². The van der Waals surface area contributed by atoms with Crippen LogP contribution in [0, 0.1) is 12.3 Å². The first-order valence-corrected chi connectivity index (χ1v) is 10.5. The maximum absolute atomic E-state index is 10.1. The van der Waals surface area contributed by atoms with Crippen LogP contribution >= 0.6 is 11.3 Å². The molecule has 144 valence electrons. The number of piperidine rings is 1. The molecule has 1 aliphatic heterocycles. The fourth-order valence-electron chi connectivity index (χ4n) is 3.92. The lowest BCUT2D eigenvalue weighted by Crippen LogP contribution is -2.42. The highest BCUT2D eigenvalue weighted by molar-refractivity contribution is 7.15. The van der Waals surface area contributed by atoms with Crippen LogP contribution in [0.5, 0.6) is 5.75 Å². The van der Waals surface area contributed by atoms with Gasteiger partial charge in [0, 0.05) is 24.7 Å². The average molecular weight is 386 g/mol. The molecule has 1 N–H and O–H groups in total. The van der Waals surface area contributed by atoms with Crippen molar-refractivity contribution < 1.29 is 9.84 Å². The van der Waals surface area contributed by atoms with Gasteiger partial charge in [-0.3, -0.25) is 9.30 Å². The number of aliphatic hydroxyl groups is 1. The molecule has 0 spiro atoms. The van der Waals surface area contributed by atoms with E-state index < -0.39 is 0 Å². The Hall–Kier alpha value is -1.89. The third kappa shape index (κ3) is 4.03. The zero-order valence-electron chi connectivity index (χ0n) is 15.8. The summed E-state index contributed by atoms with van der Waals surface area (Å²) < 4.78 is 8.08. The summed E-state index contributed by atoms with van der Waals surface area (Å²) in [5.74, 6) is 0.902. The average Bonchev–Trinajstić information content (AvgIpc) is 3.26. The lowest BCUT2D eigenvalue weighted by molar-refractivity contribution is 0.0238. The van der Waals surface area contributed by atoms with Crippen LogP contribution in [0.2, 0.25) is 0 Å². The summed E-state index contributed by atoms with van der Waals surface area (Å²) in [6.07, 6.45) is 5.02. The van der Waals surface area contributed by atoms with E-state index in [1.165, 1.54) is 5.69 Å². The maximum Gasteiger partial charge on any atom is 0.194 e. The van der Waals surface area contributed by atoms with Gasteiger partial charge in [-0.1, -0.05) is 18.2 Å². The summed E-state index contributed by atoms with van der Waals surface area (Å²) >= 11 is 1.68. The molecule has 2 aromatic heterocycles. The molecule has 0 aliphatic carbocycles. The number of likely N-dealkylation sites (tertiary alicyclic amines) is 1. The number of benzene rings is 1. The van der Waals surface area contributed by atoms with Gasteiger partial charge in [0.2, 0.25) is 0 Å². The standard InChI is InChI=1S/C21H27N3O2S/c1-17-19(24-12-14-27-20(24)22-17)15-23-10-7-21(16-25,8-11-23)9-13-26-18-5-3-2-4-6-18/h2-6,12,14,25H,7-11,13,15-16H2,1H3. The van der Waals surface area contributed by atoms with Crippen molar-refractivity contribution in [1.82, 2.24) is 14.3 Å². The van der Waals surface area contributed by atoms with Crippen molar-refractivity contribution in [2.75, 3.05) is 26.3 Å². The van der Waals surface area contributed by atoms with Gasteiger partial charge in [-0.25, -0.2) is 4.98 Å². The number of thiazole rings is 1. The second kappa shape index (κ2) is 8.00. The molecular weight excluding hydrogens is 358 g/mol. The van der Waals surface area contributed by atoms with Gasteiger partial charge in [-0.15, -0.1) is 11.3 Å². The van der Waals surface area contributed by atoms with Crippen molar-refractivity contribution in [1.29, 1.82) is 0 Å². The number of ether oxygens (including phenoxy) is 1. The smallest absolute Gasteiger partial charge is 0.194 e. The fraction of sp³-hybridized carbons (Fsp3) is 0.476. The molecule has 1 aromatic carbocycles. The molecule has 3 aromatic rings. The number of imidazole rings is 1. The molecule has 1 saturated heterocycles. The Bertz CT molecular complexity index is 866. The Kier molecular flexibility index (Phi) is 5.48. The monoisotopic (exact) mass is 385 g/mol. The molecule has 4 rings (SSSR count). The van der Waals surface area contributed by atoms with E-state index in [-0.39, 0.29) is 12.0 Å². The SMILES string of the molecule is Cc1nc2sccn2c1CN1CCC(CO)(CCOc2ccccc2)CC1. The van der Waals surface area contributed by atoms with Gasteiger partial charge in [-0.05, 0) is 56.8 Å². The van der Waals surface area contributed by atoms with E-state index in [1.54, 1.807) is 11.3 Å². The van der Waals surface area contributed by atoms with Crippen molar-refractivity contribution in [3.05, 3.63) is 53.3 Å². The van der Waals surface area contributed by atoms with Gasteiger partial charge in [0.15, 0.2) is 4.96 Å². The van der Waals surface area contributed by atoms with Crippen molar-refractivity contribution >= 4 is 16.3 Å². The van der Waals surface area contributed by atoms with E-state index in [1.807, 2.05) is 30.3 Å². The Morgan fingerprint density at radius 2 is 2.00 bits per heavy atom. The molecule has 0 atom stereocenters. The summed E-state index contributed by atoms with van der Waals surface area (Å²) in [6, 6.07) is 9.92. The number of para-hydroxylation sites is 1. The number of aliphatic hydroxyl groups excluding tert-OH is 1. The predicted octanol–water partition coefficient (Wildman–Crippen LogP) is 3.75. The largest absolute Gasteiger partial charge is 0.494 e. The summed E-state index contributed by atoms with van der Waals surface area (Å²) in [6.45, 7) is 5.91. The van der Waals surface area contributed by atoms with Crippen molar-refractivity contribution in [3.63, 3.8) is 0 Å². The predicted molar refractivity (Wildman–Crippen MR) is 108 cm³/mol. The highest BCUT2D eigenvalue weighted by Crippen LogP contribution is 2.35. The maximum atomic E-state index is 10.1. The normalized spacial score (nSPS) is 17.4. The Balaban J connectivity index is 1.32. The summed E-state index contributed by atoms with van der Waals surface area (Å²) in [4.78, 5) is 8.21. The second-order valence-corrected chi connectivity index (χ2v) is 8.42. The minimum absolute atomic E-state index is 0.0184. The first-order chi connectivity index (χ1) is 13.2. The summed E-state index contributed by atoms with van der Waals surface area (Å²) in [5, 5.41) is 12.1. The molecule has 6 heteroatoms. The molecule has 0 radical (unpaired) electrons. The molecule has 1 fully saturated rings. The van der Waals surface area contributed by atoms with E-state index in [0.717, 1.165) is 55.3 Å². The number of aryl methyl sites for hydroxylation is 1. The minimum atomic E-state index is -0.0184. The molecular formula is C21H27N3O2S. The van der Waals surface area contributed by atoms with Gasteiger partial charge < -0.3 is 9.84 Å². The van der Waals surface area contributed by atoms with Crippen LogP contribution in [0.1, 0.15) is 30.7 Å². The highest BCUT2D eigenvalue weighted by atomic mass is 32.1. The topological polar surface area (TPSA) is 50.0 Å². The lowest BCUT2D eigenvalue weighted by atomic mass is 9.76. The molecule has 1 aliphatic rings. The minimum Gasteiger partial charge on any atom is -0.494 e. The van der Waals surface area contributed by atoms with Crippen LogP contribution in [0.3, 0.4) is 0 Å². The molecule has 3 heterocycles. The fourth-order valence-corrected chi connectivity index (χ4v) is 4.70. The number of fused-ring (bicyclic) bond motifs is 1. The van der Waals surface area contributed by atoms with Crippen molar-refractivity contribution in [3.8, 4) is 5.75 Å². The lowest BCUT2D eigenvalue weighted by Gasteiger charge is -2.40. The first-order valence-electron chi connectivity index (χ1n) is 9.61.